The second-order valence-corrected chi connectivity index (χ2v) is 7.58. The maximum atomic E-state index is 12.8. The Morgan fingerprint density at radius 2 is 1.53 bits per heavy atom. The molecule has 1 aromatic heterocycles. The molecule has 0 bridgehead atoms. The summed E-state index contributed by atoms with van der Waals surface area (Å²) in [5.74, 6) is -0.490. The van der Waals surface area contributed by atoms with Crippen LogP contribution in [0.2, 0.25) is 10.3 Å². The third kappa shape index (κ3) is 4.32. The summed E-state index contributed by atoms with van der Waals surface area (Å²) in [6, 6.07) is 19.6. The average molecular weight is 440 g/mol. The van der Waals surface area contributed by atoms with Gasteiger partial charge in [0.2, 0.25) is 0 Å². The van der Waals surface area contributed by atoms with E-state index in [0.717, 1.165) is 11.1 Å². The third-order valence-corrected chi connectivity index (χ3v) is 5.19. The monoisotopic (exact) mass is 439 g/mol. The summed E-state index contributed by atoms with van der Waals surface area (Å²) in [5.41, 5.74) is 4.87. The fourth-order valence-electron chi connectivity index (χ4n) is 3.51. The van der Waals surface area contributed by atoms with Gasteiger partial charge in [-0.3, -0.25) is 4.79 Å². The number of nitrogens with zero attached hydrogens (tertiary/aromatic N) is 3. The molecule has 1 amide bonds. The summed E-state index contributed by atoms with van der Waals surface area (Å²) in [6.45, 7) is 3.37. The summed E-state index contributed by atoms with van der Waals surface area (Å²) < 4.78 is 5.79. The van der Waals surface area contributed by atoms with Crippen molar-refractivity contribution in [2.45, 2.75) is 20.0 Å². The predicted molar refractivity (Wildman–Crippen MR) is 119 cm³/mol. The molecule has 0 N–H and O–H groups in total. The Hall–Kier alpha value is -2.89. The number of hydrogen-bond donors (Lipinski definition) is 0. The van der Waals surface area contributed by atoms with Gasteiger partial charge in [-0.25, -0.2) is 4.98 Å². The van der Waals surface area contributed by atoms with Crippen LogP contribution in [-0.2, 0) is 17.8 Å². The third-order valence-electron chi connectivity index (χ3n) is 4.80. The highest BCUT2D eigenvalue weighted by Gasteiger charge is 2.23. The number of rotatable bonds is 2. The lowest BCUT2D eigenvalue weighted by atomic mass is 9.97. The van der Waals surface area contributed by atoms with Crippen molar-refractivity contribution in [2.24, 2.45) is 4.99 Å². The van der Waals surface area contributed by atoms with Gasteiger partial charge in [0.15, 0.2) is 0 Å². The van der Waals surface area contributed by atoms with Crippen LogP contribution in [0.1, 0.15) is 28.4 Å². The number of aliphatic imine (C=N–C) groups is 1. The number of benzene rings is 2. The van der Waals surface area contributed by atoms with Gasteiger partial charge in [-0.05, 0) is 41.3 Å². The zero-order chi connectivity index (χ0) is 21.1. The van der Waals surface area contributed by atoms with Crippen molar-refractivity contribution in [2.75, 3.05) is 6.61 Å². The Labute approximate surface area is 184 Å². The topological polar surface area (TPSA) is 54.8 Å². The molecule has 0 radical (unpaired) electrons. The van der Waals surface area contributed by atoms with Crippen LogP contribution in [0.15, 0.2) is 65.7 Å². The van der Waals surface area contributed by atoms with E-state index in [1.165, 1.54) is 23.3 Å². The summed E-state index contributed by atoms with van der Waals surface area (Å²) in [7, 11) is 0. The van der Waals surface area contributed by atoms with E-state index in [0.29, 0.717) is 19.7 Å². The van der Waals surface area contributed by atoms with Crippen LogP contribution >= 0.6 is 23.2 Å². The highest BCUT2D eigenvalue weighted by Crippen LogP contribution is 2.32. The second-order valence-electron chi connectivity index (χ2n) is 6.80. The first kappa shape index (κ1) is 20.4. The molecule has 2 aromatic carbocycles. The molecule has 0 saturated heterocycles. The maximum absolute atomic E-state index is 12.8. The molecule has 30 heavy (non-hydrogen) atoms. The highest BCUT2D eigenvalue weighted by molar-refractivity contribution is 6.33. The Morgan fingerprint density at radius 3 is 2.07 bits per heavy atom. The molecular weight excluding hydrogens is 421 g/mol. The molecule has 0 aliphatic carbocycles. The molecule has 0 spiro atoms. The van der Waals surface area contributed by atoms with Gasteiger partial charge in [-0.2, -0.15) is 4.99 Å². The van der Waals surface area contributed by atoms with Gasteiger partial charge < -0.3 is 9.64 Å². The smallest absolute Gasteiger partial charge is 0.296 e. The molecule has 152 valence electrons. The minimum absolute atomic E-state index is 0.136. The molecular formula is C23H19Cl2N3O2. The largest absolute Gasteiger partial charge is 0.465 e. The van der Waals surface area contributed by atoms with Crippen LogP contribution < -0.4 is 0 Å². The van der Waals surface area contributed by atoms with Crippen molar-refractivity contribution in [3.05, 3.63) is 87.7 Å². The number of carbonyl (C=O) groups is 1. The van der Waals surface area contributed by atoms with E-state index in [1.807, 2.05) is 36.1 Å². The van der Waals surface area contributed by atoms with Crippen LogP contribution in [0.3, 0.4) is 0 Å². The first-order valence-corrected chi connectivity index (χ1v) is 10.3. The van der Waals surface area contributed by atoms with Gasteiger partial charge in [0.25, 0.3) is 11.9 Å². The van der Waals surface area contributed by atoms with E-state index >= 15 is 0 Å². The average Bonchev–Trinajstić information content (AvgIpc) is 2.89. The molecule has 1 aliphatic rings. The lowest BCUT2D eigenvalue weighted by Crippen LogP contribution is -2.32. The van der Waals surface area contributed by atoms with Crippen LogP contribution in [0.5, 0.6) is 0 Å². The lowest BCUT2D eigenvalue weighted by molar-refractivity contribution is 0.0993. The van der Waals surface area contributed by atoms with Crippen molar-refractivity contribution in [3.63, 3.8) is 0 Å². The Kier molecular flexibility index (Phi) is 6.02. The van der Waals surface area contributed by atoms with Gasteiger partial charge in [0.05, 0.1) is 6.61 Å². The number of hydrogen-bond acceptors (Lipinski definition) is 3. The van der Waals surface area contributed by atoms with Crippen LogP contribution in [0.25, 0.3) is 11.1 Å². The van der Waals surface area contributed by atoms with E-state index in [4.69, 9.17) is 27.9 Å². The summed E-state index contributed by atoms with van der Waals surface area (Å²) >= 11 is 11.9. The number of pyridine rings is 1. The normalized spacial score (nSPS) is 13.3. The summed E-state index contributed by atoms with van der Waals surface area (Å²) in [6.07, 6.45) is 0. The molecule has 5 nitrogen and oxygen atoms in total. The van der Waals surface area contributed by atoms with Gasteiger partial charge in [0.1, 0.15) is 10.3 Å². The molecule has 7 heteroatoms. The number of fused-ring (bicyclic) bond motifs is 3. The molecule has 0 unspecified atom stereocenters. The predicted octanol–water partition coefficient (Wildman–Crippen LogP) is 5.60. The molecule has 1 aliphatic heterocycles. The molecule has 0 saturated carbocycles. The second kappa shape index (κ2) is 8.86. The number of amides is 1. The van der Waals surface area contributed by atoms with Gasteiger partial charge >= 0.3 is 0 Å². The number of halogens is 2. The van der Waals surface area contributed by atoms with Crippen molar-refractivity contribution in [1.29, 1.82) is 0 Å². The molecule has 3 aromatic rings. The highest BCUT2D eigenvalue weighted by atomic mass is 35.5. The first-order chi connectivity index (χ1) is 14.5. The maximum Gasteiger partial charge on any atom is 0.296 e. The Balaban J connectivity index is 1.74. The Bertz CT molecular complexity index is 1060. The standard InChI is InChI=1S/C23H19Cl2N3O2/c1-2-30-23(27-22(29)17-11-20(24)26-21(25)12-17)28-13-15-7-3-5-9-18(15)19-10-6-4-8-16(19)14-28/h3-12H,2,13-14H2,1H3/b27-23-. The van der Waals surface area contributed by atoms with Crippen LogP contribution in [0, 0.1) is 0 Å². The number of amidine groups is 1. The first-order valence-electron chi connectivity index (χ1n) is 9.55. The van der Waals surface area contributed by atoms with Crippen LogP contribution in [-0.4, -0.2) is 28.4 Å². The SMILES string of the molecule is CCO/C(=N\C(=O)c1cc(Cl)nc(Cl)c1)N1Cc2ccccc2-c2ccccc2C1. The number of carbonyl (C=O) groups excluding carboxylic acids is 1. The molecule has 2 heterocycles. The van der Waals surface area contributed by atoms with Gasteiger partial charge in [-0.1, -0.05) is 71.7 Å². The minimum Gasteiger partial charge on any atom is -0.465 e. The van der Waals surface area contributed by atoms with E-state index in [-0.39, 0.29) is 21.9 Å². The van der Waals surface area contributed by atoms with Crippen molar-refractivity contribution in [3.8, 4) is 11.1 Å². The lowest BCUT2D eigenvalue weighted by Gasteiger charge is -2.24. The zero-order valence-electron chi connectivity index (χ0n) is 16.3. The van der Waals surface area contributed by atoms with E-state index in [2.05, 4.69) is 34.2 Å². The van der Waals surface area contributed by atoms with Crippen molar-refractivity contribution in [1.82, 2.24) is 9.88 Å². The van der Waals surface area contributed by atoms with Crippen LogP contribution in [0.4, 0.5) is 0 Å². The summed E-state index contributed by atoms with van der Waals surface area (Å²) in [5, 5.41) is 0.272. The van der Waals surface area contributed by atoms with E-state index in [9.17, 15) is 4.79 Å². The number of aromatic nitrogens is 1. The number of ether oxygens (including phenoxy) is 1. The van der Waals surface area contributed by atoms with Crippen molar-refractivity contribution >= 4 is 35.1 Å². The van der Waals surface area contributed by atoms with E-state index < -0.39 is 5.91 Å². The zero-order valence-corrected chi connectivity index (χ0v) is 17.8. The molecule has 0 fully saturated rings. The van der Waals surface area contributed by atoms with E-state index in [1.54, 1.807) is 0 Å². The molecule has 4 rings (SSSR count). The fourth-order valence-corrected chi connectivity index (χ4v) is 3.97. The van der Waals surface area contributed by atoms with Gasteiger partial charge in [0, 0.05) is 18.7 Å². The van der Waals surface area contributed by atoms with Gasteiger partial charge in [-0.15, -0.1) is 0 Å². The fraction of sp³-hybridized carbons (Fsp3) is 0.174. The van der Waals surface area contributed by atoms with Crippen molar-refractivity contribution < 1.29 is 9.53 Å². The molecule has 0 atom stereocenters. The quantitative estimate of drug-likeness (QED) is 0.296. The summed E-state index contributed by atoms with van der Waals surface area (Å²) in [4.78, 5) is 22.9. The minimum atomic E-state index is -0.490. The Morgan fingerprint density at radius 1 is 1.00 bits per heavy atom.